The summed E-state index contributed by atoms with van der Waals surface area (Å²) in [5.41, 5.74) is 0.252. The van der Waals surface area contributed by atoms with Crippen molar-refractivity contribution in [2.75, 3.05) is 5.32 Å². The highest BCUT2D eigenvalue weighted by atomic mass is 19.3. The highest BCUT2D eigenvalue weighted by Gasteiger charge is 2.17. The quantitative estimate of drug-likeness (QED) is 0.890. The Bertz CT molecular complexity index is 647. The lowest BCUT2D eigenvalue weighted by Gasteiger charge is -2.14. The highest BCUT2D eigenvalue weighted by Crippen LogP contribution is 2.29. The average Bonchev–Trinajstić information content (AvgIpc) is 2.95. The van der Waals surface area contributed by atoms with Crippen molar-refractivity contribution < 1.29 is 22.7 Å². The van der Waals surface area contributed by atoms with E-state index in [9.17, 15) is 18.0 Å². The van der Waals surface area contributed by atoms with Crippen molar-refractivity contribution >= 4 is 11.6 Å². The zero-order valence-electron chi connectivity index (χ0n) is 11.6. The number of aromatic nitrogens is 3. The number of rotatable bonds is 6. The first-order valence-electron chi connectivity index (χ1n) is 6.44. The van der Waals surface area contributed by atoms with E-state index in [4.69, 9.17) is 0 Å². The van der Waals surface area contributed by atoms with Gasteiger partial charge in [0.25, 0.3) is 0 Å². The molecule has 2 rings (SSSR count). The van der Waals surface area contributed by atoms with Crippen LogP contribution in [0.2, 0.25) is 0 Å². The number of amides is 1. The third-order valence-electron chi connectivity index (χ3n) is 2.68. The van der Waals surface area contributed by atoms with Crippen LogP contribution in [0.3, 0.4) is 0 Å². The lowest BCUT2D eigenvalue weighted by molar-refractivity contribution is -0.116. The second-order valence-electron chi connectivity index (χ2n) is 4.32. The summed E-state index contributed by atoms with van der Waals surface area (Å²) in [6.07, 6.45) is 3.36. The van der Waals surface area contributed by atoms with Gasteiger partial charge in [0.1, 0.15) is 12.7 Å². The minimum absolute atomic E-state index is 0.0862. The molecule has 0 radical (unpaired) electrons. The molecule has 0 saturated carbocycles. The predicted molar refractivity (Wildman–Crippen MR) is 71.5 cm³/mol. The molecule has 0 bridgehead atoms. The number of alkyl halides is 2. The number of benzene rings is 1. The smallest absolute Gasteiger partial charge is 0.387 e. The van der Waals surface area contributed by atoms with E-state index in [0.717, 1.165) is 12.1 Å². The first-order valence-corrected chi connectivity index (χ1v) is 6.44. The molecule has 22 heavy (non-hydrogen) atoms. The van der Waals surface area contributed by atoms with Crippen LogP contribution >= 0.6 is 0 Å². The van der Waals surface area contributed by atoms with E-state index in [1.807, 2.05) is 6.92 Å². The van der Waals surface area contributed by atoms with Crippen LogP contribution in [0.4, 0.5) is 18.9 Å². The van der Waals surface area contributed by atoms with E-state index >= 15 is 0 Å². The fourth-order valence-corrected chi connectivity index (χ4v) is 1.79. The molecule has 0 atom stereocenters. The maximum atomic E-state index is 13.8. The summed E-state index contributed by atoms with van der Waals surface area (Å²) in [5.74, 6) is -1.99. The fraction of sp³-hybridized carbons (Fsp3) is 0.308. The molecule has 1 heterocycles. The largest absolute Gasteiger partial charge is 0.432 e. The summed E-state index contributed by atoms with van der Waals surface area (Å²) in [7, 11) is 0. The van der Waals surface area contributed by atoms with Crippen molar-refractivity contribution in [1.82, 2.24) is 14.8 Å². The first-order chi connectivity index (χ1) is 10.5. The number of hydrogen-bond acceptors (Lipinski definition) is 4. The highest BCUT2D eigenvalue weighted by molar-refractivity contribution is 5.93. The molecule has 9 heteroatoms. The SMILES string of the molecule is CCCC(=O)Nc1cc(F)c(OC(F)F)cc1-n1cncn1. The van der Waals surface area contributed by atoms with Crippen LogP contribution in [0.25, 0.3) is 5.69 Å². The van der Waals surface area contributed by atoms with Gasteiger partial charge in [0.05, 0.1) is 11.4 Å². The van der Waals surface area contributed by atoms with Crippen LogP contribution in [0.5, 0.6) is 5.75 Å². The Labute approximate surface area is 123 Å². The molecule has 1 N–H and O–H groups in total. The van der Waals surface area contributed by atoms with Gasteiger partial charge in [-0.15, -0.1) is 0 Å². The zero-order chi connectivity index (χ0) is 16.1. The molecule has 0 aliphatic heterocycles. The molecule has 0 aliphatic carbocycles. The lowest BCUT2D eigenvalue weighted by Crippen LogP contribution is -2.14. The van der Waals surface area contributed by atoms with Gasteiger partial charge >= 0.3 is 6.61 Å². The van der Waals surface area contributed by atoms with Gasteiger partial charge in [0.15, 0.2) is 11.6 Å². The molecule has 1 amide bonds. The number of hydrogen-bond donors (Lipinski definition) is 1. The minimum Gasteiger partial charge on any atom is -0.432 e. The number of carbonyl (C=O) groups is 1. The van der Waals surface area contributed by atoms with Gasteiger partial charge in [-0.3, -0.25) is 4.79 Å². The van der Waals surface area contributed by atoms with Gasteiger partial charge in [-0.25, -0.2) is 14.1 Å². The third kappa shape index (κ3) is 3.74. The van der Waals surface area contributed by atoms with Gasteiger partial charge in [-0.05, 0) is 6.42 Å². The summed E-state index contributed by atoms with van der Waals surface area (Å²) in [5, 5.41) is 6.35. The van der Waals surface area contributed by atoms with Crippen molar-refractivity contribution in [3.8, 4) is 11.4 Å². The Morgan fingerprint density at radius 2 is 2.23 bits per heavy atom. The van der Waals surface area contributed by atoms with Gasteiger partial charge in [-0.2, -0.15) is 13.9 Å². The molecule has 0 spiro atoms. The van der Waals surface area contributed by atoms with Crippen LogP contribution in [-0.4, -0.2) is 27.3 Å². The van der Waals surface area contributed by atoms with E-state index in [2.05, 4.69) is 20.1 Å². The molecule has 1 aromatic carbocycles. The Morgan fingerprint density at radius 1 is 1.45 bits per heavy atom. The van der Waals surface area contributed by atoms with E-state index in [1.54, 1.807) is 0 Å². The Kier molecular flexibility index (Phi) is 4.97. The first kappa shape index (κ1) is 15.8. The van der Waals surface area contributed by atoms with Crippen molar-refractivity contribution in [2.45, 2.75) is 26.4 Å². The molecule has 0 unspecified atom stereocenters. The minimum atomic E-state index is -3.17. The molecule has 1 aromatic heterocycles. The van der Waals surface area contributed by atoms with Crippen molar-refractivity contribution in [1.29, 1.82) is 0 Å². The van der Waals surface area contributed by atoms with Crippen LogP contribution in [-0.2, 0) is 4.79 Å². The van der Waals surface area contributed by atoms with Crippen molar-refractivity contribution in [3.63, 3.8) is 0 Å². The summed E-state index contributed by atoms with van der Waals surface area (Å²) < 4.78 is 43.7. The average molecular weight is 314 g/mol. The fourth-order valence-electron chi connectivity index (χ4n) is 1.79. The van der Waals surface area contributed by atoms with E-state index in [-0.39, 0.29) is 23.7 Å². The number of halogens is 3. The Hall–Kier alpha value is -2.58. The molecule has 2 aromatic rings. The number of ether oxygens (including phenoxy) is 1. The molecular weight excluding hydrogens is 301 g/mol. The number of nitrogens with one attached hydrogen (secondary N) is 1. The number of carbonyl (C=O) groups excluding carboxylic acids is 1. The van der Waals surface area contributed by atoms with Crippen molar-refractivity contribution in [3.05, 3.63) is 30.6 Å². The standard InChI is InChI=1S/C13H13F3N4O2/c1-2-3-12(21)19-9-4-8(14)11(22-13(15)16)5-10(9)20-7-17-6-18-20/h4-7,13H,2-3H2,1H3,(H,19,21). The predicted octanol–water partition coefficient (Wildman–Crippen LogP) is 2.75. The van der Waals surface area contributed by atoms with Crippen LogP contribution in [0.1, 0.15) is 19.8 Å². The van der Waals surface area contributed by atoms with Gasteiger partial charge < -0.3 is 10.1 Å². The van der Waals surface area contributed by atoms with E-state index in [1.165, 1.54) is 17.3 Å². The normalized spacial score (nSPS) is 10.8. The molecule has 118 valence electrons. The molecule has 6 nitrogen and oxygen atoms in total. The number of anilines is 1. The molecular formula is C13H13F3N4O2. The number of nitrogens with zero attached hydrogens (tertiary/aromatic N) is 3. The molecule has 0 fully saturated rings. The van der Waals surface area contributed by atoms with Crippen LogP contribution in [0, 0.1) is 5.82 Å². The molecule has 0 aliphatic rings. The summed E-state index contributed by atoms with van der Waals surface area (Å²) >= 11 is 0. The van der Waals surface area contributed by atoms with Crippen LogP contribution < -0.4 is 10.1 Å². The van der Waals surface area contributed by atoms with Crippen molar-refractivity contribution in [2.24, 2.45) is 0 Å². The molecule has 0 saturated heterocycles. The topological polar surface area (TPSA) is 69.0 Å². The lowest BCUT2D eigenvalue weighted by atomic mass is 10.2. The summed E-state index contributed by atoms with van der Waals surface area (Å²) in [6, 6.07) is 1.93. The monoisotopic (exact) mass is 314 g/mol. The third-order valence-corrected chi connectivity index (χ3v) is 2.68. The maximum absolute atomic E-state index is 13.8. The second-order valence-corrected chi connectivity index (χ2v) is 4.32. The zero-order valence-corrected chi connectivity index (χ0v) is 11.6. The van der Waals surface area contributed by atoms with Gasteiger partial charge in [0, 0.05) is 18.6 Å². The van der Waals surface area contributed by atoms with Gasteiger partial charge in [0.2, 0.25) is 5.91 Å². The summed E-state index contributed by atoms with van der Waals surface area (Å²) in [6.45, 7) is -1.35. The van der Waals surface area contributed by atoms with Gasteiger partial charge in [-0.1, -0.05) is 6.92 Å². The second kappa shape index (κ2) is 6.92. The maximum Gasteiger partial charge on any atom is 0.387 e. The Morgan fingerprint density at radius 3 is 2.82 bits per heavy atom. The van der Waals surface area contributed by atoms with E-state index in [0.29, 0.717) is 6.42 Å². The van der Waals surface area contributed by atoms with E-state index < -0.39 is 18.2 Å². The Balaban J connectivity index is 2.42. The summed E-state index contributed by atoms with van der Waals surface area (Å²) in [4.78, 5) is 15.4. The van der Waals surface area contributed by atoms with Crippen LogP contribution in [0.15, 0.2) is 24.8 Å².